The SMILES string of the molecule is CCNCc1sc(-c2cc(Br)cs2)nc1C(F)(F)F. The monoisotopic (exact) mass is 370 g/mol. The third-order valence-corrected chi connectivity index (χ3v) is 5.20. The predicted octanol–water partition coefficient (Wildman–Crippen LogP) is 4.76. The summed E-state index contributed by atoms with van der Waals surface area (Å²) in [5, 5.41) is 5.15. The first kappa shape index (κ1) is 15.0. The van der Waals surface area contributed by atoms with Crippen molar-refractivity contribution in [2.45, 2.75) is 19.6 Å². The van der Waals surface area contributed by atoms with Crippen LogP contribution >= 0.6 is 38.6 Å². The largest absolute Gasteiger partial charge is 0.434 e. The van der Waals surface area contributed by atoms with Crippen molar-refractivity contribution in [1.29, 1.82) is 0 Å². The quantitative estimate of drug-likeness (QED) is 0.838. The molecule has 0 atom stereocenters. The number of nitrogens with zero attached hydrogens (tertiary/aromatic N) is 1. The molecule has 104 valence electrons. The van der Waals surface area contributed by atoms with E-state index in [1.165, 1.54) is 11.3 Å². The molecule has 0 unspecified atom stereocenters. The third-order valence-electron chi connectivity index (χ3n) is 2.28. The number of hydrogen-bond donors (Lipinski definition) is 1. The van der Waals surface area contributed by atoms with Crippen molar-refractivity contribution in [3.8, 4) is 9.88 Å². The van der Waals surface area contributed by atoms with Crippen molar-refractivity contribution in [3.05, 3.63) is 26.5 Å². The van der Waals surface area contributed by atoms with E-state index in [1.807, 2.05) is 12.3 Å². The van der Waals surface area contributed by atoms with Crippen LogP contribution < -0.4 is 5.32 Å². The van der Waals surface area contributed by atoms with E-state index in [2.05, 4.69) is 26.2 Å². The Hall–Kier alpha value is -0.440. The van der Waals surface area contributed by atoms with Gasteiger partial charge in [0.2, 0.25) is 0 Å². The van der Waals surface area contributed by atoms with Gasteiger partial charge in [-0.25, -0.2) is 4.98 Å². The van der Waals surface area contributed by atoms with E-state index < -0.39 is 11.9 Å². The molecule has 2 aromatic heterocycles. The highest BCUT2D eigenvalue weighted by Gasteiger charge is 2.37. The van der Waals surface area contributed by atoms with Gasteiger partial charge in [0.1, 0.15) is 5.01 Å². The Kier molecular flexibility index (Phi) is 4.65. The number of aromatic nitrogens is 1. The second-order valence-electron chi connectivity index (χ2n) is 3.70. The number of thiophene rings is 1. The van der Waals surface area contributed by atoms with Gasteiger partial charge in [0.15, 0.2) is 5.69 Å². The second-order valence-corrected chi connectivity index (χ2v) is 6.61. The molecular weight excluding hydrogens is 361 g/mol. The van der Waals surface area contributed by atoms with Gasteiger partial charge >= 0.3 is 6.18 Å². The molecule has 0 radical (unpaired) electrons. The highest BCUT2D eigenvalue weighted by Crippen LogP contribution is 2.39. The maximum atomic E-state index is 12.9. The summed E-state index contributed by atoms with van der Waals surface area (Å²) in [6, 6.07) is 1.78. The molecule has 2 nitrogen and oxygen atoms in total. The lowest BCUT2D eigenvalue weighted by Crippen LogP contribution is -2.15. The molecule has 0 bridgehead atoms. The molecule has 0 saturated heterocycles. The summed E-state index contributed by atoms with van der Waals surface area (Å²) in [7, 11) is 0. The Labute approximate surface area is 124 Å². The first-order valence-corrected chi connectivity index (χ1v) is 7.92. The van der Waals surface area contributed by atoms with Gasteiger partial charge in [0, 0.05) is 16.4 Å². The van der Waals surface area contributed by atoms with Crippen LogP contribution in [-0.4, -0.2) is 11.5 Å². The standard InChI is InChI=1S/C11H10BrF3N2S2/c1-2-16-4-8-9(11(13,14)15)17-10(19-8)7-3-6(12)5-18-7/h3,5,16H,2,4H2,1H3. The molecule has 0 amide bonds. The fourth-order valence-corrected chi connectivity index (χ4v) is 4.00. The summed E-state index contributed by atoms with van der Waals surface area (Å²) in [6.07, 6.45) is -4.41. The molecule has 2 aromatic rings. The minimum atomic E-state index is -4.41. The Balaban J connectivity index is 2.39. The minimum absolute atomic E-state index is 0.190. The minimum Gasteiger partial charge on any atom is -0.312 e. The van der Waals surface area contributed by atoms with E-state index in [4.69, 9.17) is 0 Å². The molecule has 0 saturated carbocycles. The van der Waals surface area contributed by atoms with Gasteiger partial charge < -0.3 is 5.32 Å². The van der Waals surface area contributed by atoms with Gasteiger partial charge in [0.05, 0.1) is 9.75 Å². The second kappa shape index (κ2) is 5.90. The Morgan fingerprint density at radius 2 is 2.16 bits per heavy atom. The van der Waals surface area contributed by atoms with Gasteiger partial charge in [-0.15, -0.1) is 22.7 Å². The van der Waals surface area contributed by atoms with Crippen LogP contribution in [0.3, 0.4) is 0 Å². The van der Waals surface area contributed by atoms with Crippen molar-refractivity contribution < 1.29 is 13.2 Å². The molecule has 2 heterocycles. The zero-order valence-electron chi connectivity index (χ0n) is 9.84. The Morgan fingerprint density at radius 3 is 2.68 bits per heavy atom. The lowest BCUT2D eigenvalue weighted by atomic mass is 10.3. The summed E-state index contributed by atoms with van der Waals surface area (Å²) in [6.45, 7) is 2.66. The van der Waals surface area contributed by atoms with Crippen LogP contribution in [0.2, 0.25) is 0 Å². The summed E-state index contributed by atoms with van der Waals surface area (Å²) in [5.41, 5.74) is -0.780. The molecule has 1 N–H and O–H groups in total. The average molecular weight is 371 g/mol. The van der Waals surface area contributed by atoms with E-state index >= 15 is 0 Å². The smallest absolute Gasteiger partial charge is 0.312 e. The highest BCUT2D eigenvalue weighted by atomic mass is 79.9. The van der Waals surface area contributed by atoms with Gasteiger partial charge in [-0.05, 0) is 28.5 Å². The molecule has 0 aliphatic carbocycles. The molecule has 19 heavy (non-hydrogen) atoms. The van der Waals surface area contributed by atoms with Crippen molar-refractivity contribution in [3.63, 3.8) is 0 Å². The predicted molar refractivity (Wildman–Crippen MR) is 75.5 cm³/mol. The number of halogens is 4. The summed E-state index contributed by atoms with van der Waals surface area (Å²) < 4.78 is 39.6. The van der Waals surface area contributed by atoms with Crippen LogP contribution in [0.1, 0.15) is 17.5 Å². The molecular formula is C11H10BrF3N2S2. The molecule has 0 aliphatic heterocycles. The van der Waals surface area contributed by atoms with Crippen molar-refractivity contribution in [2.75, 3.05) is 6.54 Å². The van der Waals surface area contributed by atoms with E-state index in [-0.39, 0.29) is 11.4 Å². The topological polar surface area (TPSA) is 24.9 Å². The summed E-state index contributed by atoms with van der Waals surface area (Å²) in [4.78, 5) is 4.73. The van der Waals surface area contributed by atoms with Crippen LogP contribution in [0.15, 0.2) is 15.9 Å². The highest BCUT2D eigenvalue weighted by molar-refractivity contribution is 9.10. The lowest BCUT2D eigenvalue weighted by Gasteiger charge is -2.05. The van der Waals surface area contributed by atoms with E-state index in [9.17, 15) is 13.2 Å². The molecule has 8 heteroatoms. The number of nitrogens with one attached hydrogen (secondary N) is 1. The maximum absolute atomic E-state index is 12.9. The van der Waals surface area contributed by atoms with E-state index in [0.29, 0.717) is 11.6 Å². The number of hydrogen-bond acceptors (Lipinski definition) is 4. The summed E-state index contributed by atoms with van der Waals surface area (Å²) >= 11 is 5.75. The average Bonchev–Trinajstić information content (AvgIpc) is 2.91. The normalized spacial score (nSPS) is 12.1. The van der Waals surface area contributed by atoms with Gasteiger partial charge in [-0.2, -0.15) is 13.2 Å². The molecule has 0 aromatic carbocycles. The fourth-order valence-electron chi connectivity index (χ4n) is 1.46. The van der Waals surface area contributed by atoms with Crippen LogP contribution in [0, 0.1) is 0 Å². The molecule has 0 spiro atoms. The zero-order valence-corrected chi connectivity index (χ0v) is 13.1. The first-order chi connectivity index (χ1) is 8.91. The zero-order chi connectivity index (χ0) is 14.0. The maximum Gasteiger partial charge on any atom is 0.434 e. The van der Waals surface area contributed by atoms with Crippen LogP contribution in [0.25, 0.3) is 9.88 Å². The number of thiazole rings is 1. The van der Waals surface area contributed by atoms with E-state index in [1.54, 1.807) is 6.07 Å². The van der Waals surface area contributed by atoms with E-state index in [0.717, 1.165) is 20.7 Å². The summed E-state index contributed by atoms with van der Waals surface area (Å²) in [5.74, 6) is 0. The number of rotatable bonds is 4. The van der Waals surface area contributed by atoms with Gasteiger partial charge in [-0.1, -0.05) is 6.92 Å². The Morgan fingerprint density at radius 1 is 1.42 bits per heavy atom. The molecule has 0 aliphatic rings. The van der Waals surface area contributed by atoms with Crippen molar-refractivity contribution in [1.82, 2.24) is 10.3 Å². The fraction of sp³-hybridized carbons (Fsp3) is 0.364. The van der Waals surface area contributed by atoms with Gasteiger partial charge in [0.25, 0.3) is 0 Å². The first-order valence-electron chi connectivity index (χ1n) is 5.44. The van der Waals surface area contributed by atoms with Crippen molar-refractivity contribution in [2.24, 2.45) is 0 Å². The molecule has 2 rings (SSSR count). The third kappa shape index (κ3) is 3.56. The molecule has 0 fully saturated rings. The van der Waals surface area contributed by atoms with Crippen LogP contribution in [-0.2, 0) is 12.7 Å². The van der Waals surface area contributed by atoms with Crippen LogP contribution in [0.5, 0.6) is 0 Å². The van der Waals surface area contributed by atoms with Gasteiger partial charge in [-0.3, -0.25) is 0 Å². The lowest BCUT2D eigenvalue weighted by molar-refractivity contribution is -0.141. The number of alkyl halides is 3. The Bertz CT molecular complexity index is 563. The van der Waals surface area contributed by atoms with Crippen LogP contribution in [0.4, 0.5) is 13.2 Å². The van der Waals surface area contributed by atoms with Crippen molar-refractivity contribution >= 4 is 38.6 Å².